The van der Waals surface area contributed by atoms with Crippen LogP contribution < -0.4 is 10.1 Å². The Morgan fingerprint density at radius 1 is 1.04 bits per heavy atom. The summed E-state index contributed by atoms with van der Waals surface area (Å²) in [5.41, 5.74) is 3.01. The van der Waals surface area contributed by atoms with E-state index < -0.39 is 0 Å². The van der Waals surface area contributed by atoms with Gasteiger partial charge in [0.2, 0.25) is 5.91 Å². The van der Waals surface area contributed by atoms with E-state index in [2.05, 4.69) is 5.32 Å². The number of amides is 2. The molecule has 5 nitrogen and oxygen atoms in total. The topological polar surface area (TPSA) is 58.6 Å². The molecule has 5 heteroatoms. The van der Waals surface area contributed by atoms with Crippen molar-refractivity contribution in [1.29, 1.82) is 0 Å². The summed E-state index contributed by atoms with van der Waals surface area (Å²) in [5, 5.41) is 2.84. The number of allylic oxidation sites excluding steroid dienone is 1. The maximum absolute atomic E-state index is 12.5. The summed E-state index contributed by atoms with van der Waals surface area (Å²) in [7, 11) is 1.62. The van der Waals surface area contributed by atoms with Gasteiger partial charge in [-0.3, -0.25) is 9.59 Å². The van der Waals surface area contributed by atoms with Crippen LogP contribution in [0.1, 0.15) is 35.7 Å². The lowest BCUT2D eigenvalue weighted by Gasteiger charge is -2.15. The van der Waals surface area contributed by atoms with E-state index in [4.69, 9.17) is 4.74 Å². The number of methoxy groups -OCH3 is 1. The number of carbonyl (C=O) groups excluding carboxylic acids is 2. The fraction of sp³-hybridized carbons (Fsp3) is 0.273. The zero-order valence-corrected chi connectivity index (χ0v) is 15.7. The van der Waals surface area contributed by atoms with Crippen molar-refractivity contribution in [2.75, 3.05) is 25.5 Å². The lowest BCUT2D eigenvalue weighted by Crippen LogP contribution is -2.27. The molecular formula is C22H24N2O3. The van der Waals surface area contributed by atoms with E-state index in [1.54, 1.807) is 37.5 Å². The molecule has 1 aliphatic rings. The second kappa shape index (κ2) is 8.54. The lowest BCUT2D eigenvalue weighted by atomic mass is 10.1. The van der Waals surface area contributed by atoms with Gasteiger partial charge in [-0.2, -0.15) is 0 Å². The van der Waals surface area contributed by atoms with Crippen LogP contribution in [0.3, 0.4) is 0 Å². The van der Waals surface area contributed by atoms with Crippen LogP contribution in [-0.4, -0.2) is 36.9 Å². The normalized spacial score (nSPS) is 14.1. The van der Waals surface area contributed by atoms with Crippen molar-refractivity contribution in [3.8, 4) is 5.75 Å². The molecule has 0 radical (unpaired) electrons. The minimum absolute atomic E-state index is 0.0218. The standard InChI is InChI=1S/C22H24N2O3/c1-16(17-8-10-20(27-2)11-9-17)14-21(25)23-19-7-5-6-18(15-19)22(26)24-12-3-4-13-24/h5-11,14-15H,3-4,12-13H2,1-2H3,(H,23,25)/b16-14+. The highest BCUT2D eigenvalue weighted by atomic mass is 16.5. The number of hydrogen-bond acceptors (Lipinski definition) is 3. The Morgan fingerprint density at radius 2 is 1.74 bits per heavy atom. The first-order chi connectivity index (χ1) is 13.1. The first kappa shape index (κ1) is 18.7. The summed E-state index contributed by atoms with van der Waals surface area (Å²) in [6, 6.07) is 14.6. The fourth-order valence-corrected chi connectivity index (χ4v) is 3.15. The second-order valence-electron chi connectivity index (χ2n) is 6.63. The Morgan fingerprint density at radius 3 is 2.41 bits per heavy atom. The molecule has 0 spiro atoms. The molecule has 3 rings (SSSR count). The predicted octanol–water partition coefficient (Wildman–Crippen LogP) is 3.97. The summed E-state index contributed by atoms with van der Waals surface area (Å²) in [5.74, 6) is 0.568. The maximum Gasteiger partial charge on any atom is 0.253 e. The first-order valence-electron chi connectivity index (χ1n) is 9.10. The zero-order valence-electron chi connectivity index (χ0n) is 15.7. The Kier molecular flexibility index (Phi) is 5.91. The zero-order chi connectivity index (χ0) is 19.2. The maximum atomic E-state index is 12.5. The molecule has 140 valence electrons. The number of nitrogens with zero attached hydrogens (tertiary/aromatic N) is 1. The van der Waals surface area contributed by atoms with Crippen LogP contribution in [0.4, 0.5) is 5.69 Å². The van der Waals surface area contributed by atoms with Gasteiger partial charge in [0.1, 0.15) is 5.75 Å². The molecule has 1 heterocycles. The minimum Gasteiger partial charge on any atom is -0.497 e. The minimum atomic E-state index is -0.228. The quantitative estimate of drug-likeness (QED) is 0.817. The van der Waals surface area contributed by atoms with E-state index in [1.807, 2.05) is 36.1 Å². The molecule has 0 aliphatic carbocycles. The van der Waals surface area contributed by atoms with Crippen LogP contribution in [0.25, 0.3) is 5.57 Å². The first-order valence-corrected chi connectivity index (χ1v) is 9.10. The van der Waals surface area contributed by atoms with Gasteiger partial charge in [0, 0.05) is 30.4 Å². The number of rotatable bonds is 5. The molecule has 1 aliphatic heterocycles. The highest BCUT2D eigenvalue weighted by Crippen LogP contribution is 2.19. The van der Waals surface area contributed by atoms with Crippen LogP contribution in [0.5, 0.6) is 5.75 Å². The number of anilines is 1. The molecule has 1 fully saturated rings. The third kappa shape index (κ3) is 4.76. The van der Waals surface area contributed by atoms with Crippen LogP contribution in [0.2, 0.25) is 0 Å². The van der Waals surface area contributed by atoms with Crippen molar-refractivity contribution in [3.05, 3.63) is 65.7 Å². The Labute approximate surface area is 159 Å². The van der Waals surface area contributed by atoms with Crippen molar-refractivity contribution < 1.29 is 14.3 Å². The van der Waals surface area contributed by atoms with E-state index >= 15 is 0 Å². The Bertz CT molecular complexity index is 850. The van der Waals surface area contributed by atoms with Crippen molar-refractivity contribution in [2.24, 2.45) is 0 Å². The molecule has 27 heavy (non-hydrogen) atoms. The molecule has 0 aromatic heterocycles. The summed E-state index contributed by atoms with van der Waals surface area (Å²) in [6.07, 6.45) is 3.66. The van der Waals surface area contributed by atoms with E-state index in [-0.39, 0.29) is 11.8 Å². The smallest absolute Gasteiger partial charge is 0.253 e. The Balaban J connectivity index is 1.68. The van der Waals surface area contributed by atoms with Gasteiger partial charge in [0.25, 0.3) is 5.91 Å². The van der Waals surface area contributed by atoms with Crippen LogP contribution in [0, 0.1) is 0 Å². The van der Waals surface area contributed by atoms with E-state index in [9.17, 15) is 9.59 Å². The van der Waals surface area contributed by atoms with Crippen molar-refractivity contribution in [1.82, 2.24) is 4.90 Å². The van der Waals surface area contributed by atoms with E-state index in [0.29, 0.717) is 11.3 Å². The molecule has 0 unspecified atom stereocenters. The average Bonchev–Trinajstić information content (AvgIpc) is 3.22. The van der Waals surface area contributed by atoms with Gasteiger partial charge in [-0.25, -0.2) is 0 Å². The Hall–Kier alpha value is -3.08. The second-order valence-corrected chi connectivity index (χ2v) is 6.63. The van der Waals surface area contributed by atoms with E-state index in [1.165, 1.54) is 0 Å². The average molecular weight is 364 g/mol. The highest BCUT2D eigenvalue weighted by molar-refractivity contribution is 6.04. The number of nitrogens with one attached hydrogen (secondary N) is 1. The highest BCUT2D eigenvalue weighted by Gasteiger charge is 2.19. The number of likely N-dealkylation sites (tertiary alicyclic amines) is 1. The molecule has 0 saturated carbocycles. The molecule has 2 aromatic rings. The monoisotopic (exact) mass is 364 g/mol. The summed E-state index contributed by atoms with van der Waals surface area (Å²) in [4.78, 5) is 26.7. The van der Waals surface area contributed by atoms with Gasteiger partial charge < -0.3 is 15.0 Å². The number of benzene rings is 2. The predicted molar refractivity (Wildman–Crippen MR) is 107 cm³/mol. The van der Waals surface area contributed by atoms with Gasteiger partial charge in [-0.05, 0) is 61.2 Å². The summed E-state index contributed by atoms with van der Waals surface area (Å²) >= 11 is 0. The molecule has 1 saturated heterocycles. The summed E-state index contributed by atoms with van der Waals surface area (Å²) in [6.45, 7) is 3.49. The van der Waals surface area contributed by atoms with Gasteiger partial charge in [0.15, 0.2) is 0 Å². The molecule has 0 atom stereocenters. The fourth-order valence-electron chi connectivity index (χ4n) is 3.15. The summed E-state index contributed by atoms with van der Waals surface area (Å²) < 4.78 is 5.15. The third-order valence-electron chi connectivity index (χ3n) is 4.66. The lowest BCUT2D eigenvalue weighted by molar-refractivity contribution is -0.111. The van der Waals surface area contributed by atoms with Crippen molar-refractivity contribution >= 4 is 23.1 Å². The van der Waals surface area contributed by atoms with Gasteiger partial charge in [-0.1, -0.05) is 18.2 Å². The molecule has 1 N–H and O–H groups in total. The van der Waals surface area contributed by atoms with Crippen molar-refractivity contribution in [3.63, 3.8) is 0 Å². The number of carbonyl (C=O) groups is 2. The van der Waals surface area contributed by atoms with Crippen molar-refractivity contribution in [2.45, 2.75) is 19.8 Å². The molecule has 2 amide bonds. The van der Waals surface area contributed by atoms with E-state index in [0.717, 1.165) is 42.8 Å². The number of ether oxygens (including phenoxy) is 1. The largest absolute Gasteiger partial charge is 0.497 e. The van der Waals surface area contributed by atoms with Crippen LogP contribution in [0.15, 0.2) is 54.6 Å². The molecule has 2 aromatic carbocycles. The van der Waals surface area contributed by atoms with Crippen LogP contribution in [-0.2, 0) is 4.79 Å². The molecule has 0 bridgehead atoms. The third-order valence-corrected chi connectivity index (χ3v) is 4.66. The molecular weight excluding hydrogens is 340 g/mol. The number of hydrogen-bond donors (Lipinski definition) is 1. The van der Waals surface area contributed by atoms with Gasteiger partial charge in [0.05, 0.1) is 7.11 Å². The van der Waals surface area contributed by atoms with Gasteiger partial charge >= 0.3 is 0 Å². The SMILES string of the molecule is COc1ccc(/C(C)=C/C(=O)Nc2cccc(C(=O)N3CCCC3)c2)cc1. The van der Waals surface area contributed by atoms with Crippen LogP contribution >= 0.6 is 0 Å². The van der Waals surface area contributed by atoms with Gasteiger partial charge in [-0.15, -0.1) is 0 Å².